The average molecular weight is 269 g/mol. The Hall–Kier alpha value is -2.20. The van der Waals surface area contributed by atoms with Crippen molar-refractivity contribution < 1.29 is 9.90 Å². The Morgan fingerprint density at radius 3 is 2.63 bits per heavy atom. The van der Waals surface area contributed by atoms with Gasteiger partial charge >= 0.3 is 0 Å². The van der Waals surface area contributed by atoms with Crippen LogP contribution in [0.4, 0.5) is 0 Å². The Labute approximate surface area is 114 Å². The topological polar surface area (TPSA) is 50.2 Å². The van der Waals surface area contributed by atoms with Gasteiger partial charge in [-0.2, -0.15) is 0 Å². The minimum Gasteiger partial charge on any atom is -0.506 e. The van der Waals surface area contributed by atoms with E-state index >= 15 is 0 Å². The number of pyridine rings is 1. The number of thiophene rings is 1. The van der Waals surface area contributed by atoms with Crippen LogP contribution in [-0.4, -0.2) is 15.9 Å². The van der Waals surface area contributed by atoms with Gasteiger partial charge in [-0.25, -0.2) is 4.98 Å². The number of benzene rings is 1. The number of aryl methyl sites for hydroxylation is 1. The zero-order valence-corrected chi connectivity index (χ0v) is 11.1. The van der Waals surface area contributed by atoms with Crippen LogP contribution in [0.3, 0.4) is 0 Å². The molecule has 4 heteroatoms. The van der Waals surface area contributed by atoms with E-state index in [0.717, 1.165) is 5.69 Å². The lowest BCUT2D eigenvalue weighted by molar-refractivity contribution is 0.104. The summed E-state index contributed by atoms with van der Waals surface area (Å²) < 4.78 is 0. The van der Waals surface area contributed by atoms with Crippen molar-refractivity contribution in [2.24, 2.45) is 0 Å². The molecule has 0 amide bonds. The molecule has 19 heavy (non-hydrogen) atoms. The van der Waals surface area contributed by atoms with Gasteiger partial charge in [0.05, 0.1) is 5.39 Å². The maximum atomic E-state index is 12.3. The Balaban J connectivity index is 2.16. The Morgan fingerprint density at radius 2 is 1.89 bits per heavy atom. The molecule has 1 N–H and O–H groups in total. The van der Waals surface area contributed by atoms with Crippen LogP contribution in [-0.2, 0) is 0 Å². The summed E-state index contributed by atoms with van der Waals surface area (Å²) in [5.41, 5.74) is 1.44. The Morgan fingerprint density at radius 1 is 1.16 bits per heavy atom. The predicted octanol–water partition coefficient (Wildman–Crippen LogP) is 3.54. The molecule has 3 nitrogen and oxygen atoms in total. The van der Waals surface area contributed by atoms with Crippen LogP contribution >= 0.6 is 11.3 Å². The third kappa shape index (κ3) is 2.00. The van der Waals surface area contributed by atoms with Crippen LogP contribution in [0, 0.1) is 6.92 Å². The summed E-state index contributed by atoms with van der Waals surface area (Å²) in [7, 11) is 0. The van der Waals surface area contributed by atoms with Gasteiger partial charge in [-0.15, -0.1) is 11.3 Å². The number of nitrogens with zero attached hydrogens (tertiary/aromatic N) is 1. The average Bonchev–Trinajstić information content (AvgIpc) is 2.75. The summed E-state index contributed by atoms with van der Waals surface area (Å²) in [6.07, 6.45) is 0. The van der Waals surface area contributed by atoms with Gasteiger partial charge in [0, 0.05) is 11.3 Å². The molecule has 0 radical (unpaired) electrons. The van der Waals surface area contributed by atoms with Gasteiger partial charge in [-0.3, -0.25) is 4.79 Å². The number of carbonyl (C=O) groups is 1. The van der Waals surface area contributed by atoms with Gasteiger partial charge in [0.1, 0.15) is 15.5 Å². The molecule has 1 aromatic carbocycles. The fourth-order valence-electron chi connectivity index (χ4n) is 1.93. The quantitative estimate of drug-likeness (QED) is 0.724. The smallest absolute Gasteiger partial charge is 0.206 e. The molecule has 0 aliphatic heterocycles. The summed E-state index contributed by atoms with van der Waals surface area (Å²) in [5, 5.41) is 10.8. The van der Waals surface area contributed by atoms with E-state index in [1.807, 2.05) is 19.1 Å². The van der Waals surface area contributed by atoms with E-state index in [1.54, 1.807) is 30.3 Å². The Bertz CT molecular complexity index is 762. The van der Waals surface area contributed by atoms with Crippen molar-refractivity contribution in [1.29, 1.82) is 0 Å². The predicted molar refractivity (Wildman–Crippen MR) is 75.9 cm³/mol. The number of aromatic nitrogens is 1. The number of ketones is 1. The van der Waals surface area contributed by atoms with E-state index in [-0.39, 0.29) is 11.5 Å². The summed E-state index contributed by atoms with van der Waals surface area (Å²) in [4.78, 5) is 17.7. The molecule has 0 atom stereocenters. The highest BCUT2D eigenvalue weighted by atomic mass is 32.1. The lowest BCUT2D eigenvalue weighted by atomic mass is 10.1. The third-order valence-corrected chi connectivity index (χ3v) is 4.00. The van der Waals surface area contributed by atoms with E-state index in [2.05, 4.69) is 4.98 Å². The second-order valence-corrected chi connectivity index (χ2v) is 5.28. The molecular weight excluding hydrogens is 258 g/mol. The number of fused-ring (bicyclic) bond motifs is 1. The number of rotatable bonds is 2. The lowest BCUT2D eigenvalue weighted by Crippen LogP contribution is -1.97. The van der Waals surface area contributed by atoms with Crippen LogP contribution in [0.1, 0.15) is 20.9 Å². The molecule has 0 aliphatic rings. The minimum absolute atomic E-state index is 0.0290. The van der Waals surface area contributed by atoms with Crippen molar-refractivity contribution in [3.63, 3.8) is 0 Å². The molecule has 2 heterocycles. The number of aromatic hydroxyl groups is 1. The van der Waals surface area contributed by atoms with Crippen LogP contribution in [0.25, 0.3) is 10.2 Å². The first-order valence-electron chi connectivity index (χ1n) is 5.85. The standard InChI is InChI=1S/C15H11NO2S/c1-9-7-8-11-13(18)14(19-15(11)16-9)12(17)10-5-3-2-4-6-10/h2-8,18H,1H3. The first kappa shape index (κ1) is 11.9. The summed E-state index contributed by atoms with van der Waals surface area (Å²) in [5.74, 6) is -0.139. The molecule has 3 rings (SSSR count). The first-order valence-corrected chi connectivity index (χ1v) is 6.67. The molecular formula is C15H11NO2S. The van der Waals surface area contributed by atoms with Gasteiger partial charge in [0.15, 0.2) is 0 Å². The number of hydrogen-bond donors (Lipinski definition) is 1. The SMILES string of the molecule is Cc1ccc2c(O)c(C(=O)c3ccccc3)sc2n1. The fourth-order valence-corrected chi connectivity index (χ4v) is 3.01. The maximum Gasteiger partial charge on any atom is 0.206 e. The largest absolute Gasteiger partial charge is 0.506 e. The zero-order chi connectivity index (χ0) is 13.4. The molecule has 0 saturated heterocycles. The van der Waals surface area contributed by atoms with Crippen LogP contribution < -0.4 is 0 Å². The molecule has 0 spiro atoms. The van der Waals surface area contributed by atoms with Crippen molar-refractivity contribution in [2.75, 3.05) is 0 Å². The van der Waals surface area contributed by atoms with E-state index in [4.69, 9.17) is 0 Å². The van der Waals surface area contributed by atoms with E-state index < -0.39 is 0 Å². The fraction of sp³-hybridized carbons (Fsp3) is 0.0667. The molecule has 2 aromatic heterocycles. The van der Waals surface area contributed by atoms with Crippen LogP contribution in [0.2, 0.25) is 0 Å². The van der Waals surface area contributed by atoms with Crippen LogP contribution in [0.5, 0.6) is 5.75 Å². The normalized spacial score (nSPS) is 10.8. The Kier molecular flexibility index (Phi) is 2.80. The van der Waals surface area contributed by atoms with Gasteiger partial charge in [-0.1, -0.05) is 30.3 Å². The van der Waals surface area contributed by atoms with Crippen molar-refractivity contribution in [3.05, 3.63) is 58.6 Å². The second kappa shape index (κ2) is 4.48. The highest BCUT2D eigenvalue weighted by molar-refractivity contribution is 7.21. The molecule has 0 unspecified atom stereocenters. The lowest BCUT2D eigenvalue weighted by Gasteiger charge is -1.98. The van der Waals surface area contributed by atoms with Crippen molar-refractivity contribution in [3.8, 4) is 5.75 Å². The maximum absolute atomic E-state index is 12.3. The van der Waals surface area contributed by atoms with E-state index in [1.165, 1.54) is 11.3 Å². The molecule has 94 valence electrons. The van der Waals surface area contributed by atoms with Gasteiger partial charge < -0.3 is 5.11 Å². The van der Waals surface area contributed by atoms with Crippen molar-refractivity contribution in [2.45, 2.75) is 6.92 Å². The number of carbonyl (C=O) groups excluding carboxylic acids is 1. The number of hydrogen-bond acceptors (Lipinski definition) is 4. The van der Waals surface area contributed by atoms with Gasteiger partial charge in [0.25, 0.3) is 0 Å². The molecule has 0 aliphatic carbocycles. The molecule has 0 bridgehead atoms. The summed E-state index contributed by atoms with van der Waals surface area (Å²) in [6.45, 7) is 1.88. The van der Waals surface area contributed by atoms with Crippen LogP contribution in [0.15, 0.2) is 42.5 Å². The molecule has 0 saturated carbocycles. The van der Waals surface area contributed by atoms with E-state index in [9.17, 15) is 9.90 Å². The van der Waals surface area contributed by atoms with Gasteiger partial charge in [0.2, 0.25) is 5.78 Å². The highest BCUT2D eigenvalue weighted by Gasteiger charge is 2.19. The zero-order valence-electron chi connectivity index (χ0n) is 10.3. The second-order valence-electron chi connectivity index (χ2n) is 4.28. The molecule has 0 fully saturated rings. The third-order valence-electron chi connectivity index (χ3n) is 2.91. The summed E-state index contributed by atoms with van der Waals surface area (Å²) >= 11 is 1.23. The van der Waals surface area contributed by atoms with E-state index in [0.29, 0.717) is 20.7 Å². The van der Waals surface area contributed by atoms with Crippen molar-refractivity contribution >= 4 is 27.3 Å². The van der Waals surface area contributed by atoms with Crippen molar-refractivity contribution in [1.82, 2.24) is 4.98 Å². The monoisotopic (exact) mass is 269 g/mol. The highest BCUT2D eigenvalue weighted by Crippen LogP contribution is 2.37. The van der Waals surface area contributed by atoms with Gasteiger partial charge in [-0.05, 0) is 19.1 Å². The summed E-state index contributed by atoms with van der Waals surface area (Å²) in [6, 6.07) is 12.6. The first-order chi connectivity index (χ1) is 9.16. The molecule has 3 aromatic rings. The minimum atomic E-state index is -0.168.